The van der Waals surface area contributed by atoms with E-state index in [9.17, 15) is 9.59 Å². The van der Waals surface area contributed by atoms with Crippen LogP contribution in [0.2, 0.25) is 0 Å². The van der Waals surface area contributed by atoms with Crippen molar-refractivity contribution < 1.29 is 19.4 Å². The minimum Gasteiger partial charge on any atom is -0.479 e. The first-order valence-corrected chi connectivity index (χ1v) is 7.19. The molecule has 0 aliphatic rings. The molecule has 0 saturated carbocycles. The highest BCUT2D eigenvalue weighted by atomic mass is 32.1. The van der Waals surface area contributed by atoms with Gasteiger partial charge in [0.05, 0.1) is 4.88 Å². The van der Waals surface area contributed by atoms with E-state index in [2.05, 4.69) is 0 Å². The Hall–Kier alpha value is -2.40. The minimum absolute atomic E-state index is 0.0600. The number of rotatable bonds is 6. The summed E-state index contributed by atoms with van der Waals surface area (Å²) in [5, 5.41) is 10.7. The molecule has 0 amide bonds. The molecule has 1 aromatic carbocycles. The van der Waals surface area contributed by atoms with Crippen LogP contribution in [0.5, 0.6) is 5.75 Å². The van der Waals surface area contributed by atoms with E-state index in [1.54, 1.807) is 30.3 Å². The van der Waals surface area contributed by atoms with Crippen LogP contribution in [0, 0.1) is 0 Å². The maximum Gasteiger partial charge on any atom is 0.344 e. The number of carboxylic acids is 1. The van der Waals surface area contributed by atoms with Crippen molar-refractivity contribution in [2.24, 2.45) is 0 Å². The average molecular weight is 302 g/mol. The summed E-state index contributed by atoms with van der Waals surface area (Å²) in [6.07, 6.45) is 2.25. The van der Waals surface area contributed by atoms with Crippen molar-refractivity contribution in [1.82, 2.24) is 0 Å². The molecule has 1 heterocycles. The van der Waals surface area contributed by atoms with Gasteiger partial charge in [0.15, 0.2) is 11.9 Å². The highest BCUT2D eigenvalue weighted by Crippen LogP contribution is 2.17. The van der Waals surface area contributed by atoms with Gasteiger partial charge in [-0.25, -0.2) is 4.79 Å². The maximum atomic E-state index is 11.8. The van der Waals surface area contributed by atoms with E-state index in [-0.39, 0.29) is 5.78 Å². The number of thiophene rings is 1. The molecule has 1 unspecified atom stereocenters. The zero-order chi connectivity index (χ0) is 15.2. The van der Waals surface area contributed by atoms with Crippen LogP contribution in [0.3, 0.4) is 0 Å². The molecule has 1 atom stereocenters. The molecule has 0 aliphatic carbocycles. The Bertz CT molecular complexity index is 659. The van der Waals surface area contributed by atoms with E-state index in [4.69, 9.17) is 9.84 Å². The number of aliphatic carboxylic acids is 1. The van der Waals surface area contributed by atoms with Gasteiger partial charge in [-0.3, -0.25) is 4.79 Å². The van der Waals surface area contributed by atoms with Crippen molar-refractivity contribution in [2.75, 3.05) is 0 Å². The number of allylic oxidation sites excluding steroid dienone is 1. The Morgan fingerprint density at radius 2 is 2.10 bits per heavy atom. The molecule has 0 radical (unpaired) electrons. The van der Waals surface area contributed by atoms with Crippen LogP contribution in [-0.4, -0.2) is 23.0 Å². The van der Waals surface area contributed by atoms with Crippen LogP contribution in [0.1, 0.15) is 22.2 Å². The fraction of sp³-hybridized carbons (Fsp3) is 0.125. The van der Waals surface area contributed by atoms with Crippen LogP contribution < -0.4 is 4.74 Å². The minimum atomic E-state index is -1.02. The summed E-state index contributed by atoms with van der Waals surface area (Å²) >= 11 is 1.39. The van der Waals surface area contributed by atoms with Gasteiger partial charge in [0.2, 0.25) is 0 Å². The van der Waals surface area contributed by atoms with Crippen LogP contribution >= 0.6 is 11.3 Å². The Kier molecular flexibility index (Phi) is 4.90. The third-order valence-corrected chi connectivity index (χ3v) is 3.59. The third-order valence-electron chi connectivity index (χ3n) is 2.71. The zero-order valence-electron chi connectivity index (χ0n) is 11.4. The number of hydrogen-bond acceptors (Lipinski definition) is 4. The summed E-state index contributed by atoms with van der Waals surface area (Å²) in [6, 6.07) is 10.5. The van der Waals surface area contributed by atoms with Gasteiger partial charge in [0.1, 0.15) is 5.75 Å². The lowest BCUT2D eigenvalue weighted by molar-refractivity contribution is -0.144. The number of ketones is 1. The molecule has 21 heavy (non-hydrogen) atoms. The van der Waals surface area contributed by atoms with Gasteiger partial charge < -0.3 is 9.84 Å². The highest BCUT2D eigenvalue weighted by molar-refractivity contribution is 7.12. The summed E-state index contributed by atoms with van der Waals surface area (Å²) in [7, 11) is 0. The van der Waals surface area contributed by atoms with Crippen molar-refractivity contribution in [3.63, 3.8) is 0 Å². The van der Waals surface area contributed by atoms with Crippen molar-refractivity contribution >= 4 is 29.2 Å². The molecular formula is C16H14O4S. The van der Waals surface area contributed by atoms with Crippen molar-refractivity contribution in [1.29, 1.82) is 0 Å². The summed E-state index contributed by atoms with van der Waals surface area (Å²) in [5.74, 6) is -0.630. The van der Waals surface area contributed by atoms with Crippen LogP contribution in [0.15, 0.2) is 47.9 Å². The van der Waals surface area contributed by atoms with Gasteiger partial charge in [-0.15, -0.1) is 11.3 Å². The number of carboxylic acid groups (broad SMARTS) is 1. The van der Waals surface area contributed by atoms with Crippen molar-refractivity contribution in [3.8, 4) is 5.75 Å². The quantitative estimate of drug-likeness (QED) is 0.655. The summed E-state index contributed by atoms with van der Waals surface area (Å²) in [4.78, 5) is 23.3. The molecular weight excluding hydrogens is 288 g/mol. The molecule has 108 valence electrons. The predicted octanol–water partition coefficient (Wildman–Crippen LogP) is 3.50. The van der Waals surface area contributed by atoms with Crippen molar-refractivity contribution in [3.05, 3.63) is 58.3 Å². The molecule has 1 N–H and O–H groups in total. The number of benzene rings is 1. The summed E-state index contributed by atoms with van der Waals surface area (Å²) < 4.78 is 5.28. The second kappa shape index (κ2) is 6.85. The maximum absolute atomic E-state index is 11.8. The molecule has 2 aromatic rings. The molecule has 0 fully saturated rings. The Labute approximate surface area is 126 Å². The molecule has 5 heteroatoms. The Morgan fingerprint density at radius 3 is 2.76 bits per heavy atom. The summed E-state index contributed by atoms with van der Waals surface area (Å²) in [5.41, 5.74) is 0.773. The van der Waals surface area contributed by atoms with Gasteiger partial charge in [0, 0.05) is 0 Å². The van der Waals surface area contributed by atoms with E-state index in [1.807, 2.05) is 17.5 Å². The van der Waals surface area contributed by atoms with Crippen molar-refractivity contribution in [2.45, 2.75) is 13.0 Å². The first-order chi connectivity index (χ1) is 10.1. The standard InChI is InChI=1S/C16H14O4S/c1-11(16(18)19)20-13-5-2-4-12(10-13)7-8-14(17)15-6-3-9-21-15/h2-11H,1H3,(H,18,19)/b8-7+. The molecule has 0 spiro atoms. The second-order valence-electron chi connectivity index (χ2n) is 4.35. The van der Waals surface area contributed by atoms with E-state index >= 15 is 0 Å². The molecule has 0 aliphatic heterocycles. The van der Waals surface area contributed by atoms with Gasteiger partial charge in [0.25, 0.3) is 0 Å². The lowest BCUT2D eigenvalue weighted by Gasteiger charge is -2.10. The number of ether oxygens (including phenoxy) is 1. The molecule has 2 rings (SSSR count). The van der Waals surface area contributed by atoms with E-state index in [1.165, 1.54) is 24.3 Å². The van der Waals surface area contributed by atoms with Crippen LogP contribution in [0.4, 0.5) is 0 Å². The average Bonchev–Trinajstić information content (AvgIpc) is 2.99. The Morgan fingerprint density at radius 1 is 1.29 bits per heavy atom. The molecule has 0 bridgehead atoms. The van der Waals surface area contributed by atoms with E-state index in [0.29, 0.717) is 10.6 Å². The number of carbonyl (C=O) groups excluding carboxylic acids is 1. The molecule has 4 nitrogen and oxygen atoms in total. The van der Waals surface area contributed by atoms with E-state index < -0.39 is 12.1 Å². The second-order valence-corrected chi connectivity index (χ2v) is 5.29. The largest absolute Gasteiger partial charge is 0.479 e. The van der Waals surface area contributed by atoms with Gasteiger partial charge in [-0.2, -0.15) is 0 Å². The van der Waals surface area contributed by atoms with Crippen LogP contribution in [0.25, 0.3) is 6.08 Å². The fourth-order valence-corrected chi connectivity index (χ4v) is 2.26. The third kappa shape index (κ3) is 4.29. The summed E-state index contributed by atoms with van der Waals surface area (Å²) in [6.45, 7) is 1.46. The lowest BCUT2D eigenvalue weighted by atomic mass is 10.1. The van der Waals surface area contributed by atoms with E-state index in [0.717, 1.165) is 5.56 Å². The topological polar surface area (TPSA) is 63.6 Å². The number of hydrogen-bond donors (Lipinski definition) is 1. The monoisotopic (exact) mass is 302 g/mol. The first kappa shape index (κ1) is 15.0. The number of carbonyl (C=O) groups is 2. The molecule has 1 aromatic heterocycles. The fourth-order valence-electron chi connectivity index (χ4n) is 1.62. The Balaban J connectivity index is 2.07. The van der Waals surface area contributed by atoms with Gasteiger partial charge in [-0.1, -0.05) is 24.3 Å². The van der Waals surface area contributed by atoms with Gasteiger partial charge >= 0.3 is 5.97 Å². The highest BCUT2D eigenvalue weighted by Gasteiger charge is 2.12. The van der Waals surface area contributed by atoms with Crippen LogP contribution in [-0.2, 0) is 4.79 Å². The SMILES string of the molecule is CC(Oc1cccc(/C=C/C(=O)c2cccs2)c1)C(=O)O. The molecule has 0 saturated heterocycles. The first-order valence-electron chi connectivity index (χ1n) is 6.31. The smallest absolute Gasteiger partial charge is 0.344 e. The normalized spacial score (nSPS) is 12.2. The zero-order valence-corrected chi connectivity index (χ0v) is 12.2. The lowest BCUT2D eigenvalue weighted by Crippen LogP contribution is -2.22. The van der Waals surface area contributed by atoms with Gasteiger partial charge in [-0.05, 0) is 42.1 Å². The predicted molar refractivity (Wildman–Crippen MR) is 81.9 cm³/mol.